The lowest BCUT2D eigenvalue weighted by Gasteiger charge is -2.16. The van der Waals surface area contributed by atoms with Gasteiger partial charge in [-0.3, -0.25) is 14.5 Å². The van der Waals surface area contributed by atoms with E-state index in [2.05, 4.69) is 5.32 Å². The summed E-state index contributed by atoms with van der Waals surface area (Å²) in [4.78, 5) is 26.0. The van der Waals surface area contributed by atoms with Gasteiger partial charge in [0.25, 0.3) is 5.91 Å². The third-order valence-corrected chi connectivity index (χ3v) is 6.37. The highest BCUT2D eigenvalue weighted by atomic mass is 32.2. The molecule has 2 amide bonds. The molecule has 1 fully saturated rings. The number of rotatable bonds is 4. The molecule has 10 heteroatoms. The number of hydrogen-bond donors (Lipinski definition) is 1. The Kier molecular flexibility index (Phi) is 5.26. The summed E-state index contributed by atoms with van der Waals surface area (Å²) < 4.78 is 36.2. The summed E-state index contributed by atoms with van der Waals surface area (Å²) >= 11 is 6.16. The Labute approximate surface area is 159 Å². The maximum Gasteiger partial charge on any atom is 0.266 e. The van der Waals surface area contributed by atoms with Gasteiger partial charge in [-0.1, -0.05) is 36.1 Å². The molecule has 0 radical (unpaired) electrons. The van der Waals surface area contributed by atoms with Gasteiger partial charge in [0.05, 0.1) is 16.7 Å². The number of amides is 2. The van der Waals surface area contributed by atoms with Gasteiger partial charge in [-0.15, -0.1) is 0 Å². The maximum absolute atomic E-state index is 13.3. The molecule has 1 saturated heterocycles. The lowest BCUT2D eigenvalue weighted by atomic mass is 10.2. The van der Waals surface area contributed by atoms with Crippen molar-refractivity contribution in [2.24, 2.45) is 0 Å². The quantitative estimate of drug-likeness (QED) is 0.595. The van der Waals surface area contributed by atoms with Gasteiger partial charge >= 0.3 is 0 Å². The van der Waals surface area contributed by atoms with Gasteiger partial charge < -0.3 is 5.32 Å². The fourth-order valence-electron chi connectivity index (χ4n) is 2.45. The molecule has 1 N–H and O–H groups in total. The number of nitrogens with one attached hydrogen (secondary N) is 1. The van der Waals surface area contributed by atoms with E-state index in [4.69, 9.17) is 12.2 Å². The number of benzene rings is 1. The highest BCUT2D eigenvalue weighted by Gasteiger charge is 2.34. The summed E-state index contributed by atoms with van der Waals surface area (Å²) in [5.41, 5.74) is 0.510. The lowest BCUT2D eigenvalue weighted by Crippen LogP contribution is -2.43. The standard InChI is InChI=1S/C16H13FN2O4S3/c17-11-3-1-2-10(6-11)7-13-15(21)19(16(24)25-13)8-14(20)18-12-4-5-26(22,23)9-12/h1-7,12H,8-9H2,(H,18,20). The van der Waals surface area contributed by atoms with Gasteiger partial charge in [0.2, 0.25) is 5.91 Å². The number of hydrogen-bond acceptors (Lipinski definition) is 6. The van der Waals surface area contributed by atoms with Crippen molar-refractivity contribution < 1.29 is 22.4 Å². The molecule has 26 heavy (non-hydrogen) atoms. The number of carbonyl (C=O) groups excluding carboxylic acids is 2. The molecule has 2 aliphatic heterocycles. The minimum absolute atomic E-state index is 0.198. The van der Waals surface area contributed by atoms with E-state index in [1.165, 1.54) is 30.4 Å². The van der Waals surface area contributed by atoms with Crippen LogP contribution in [-0.2, 0) is 19.4 Å². The smallest absolute Gasteiger partial charge is 0.266 e. The number of nitrogens with zero attached hydrogens (tertiary/aromatic N) is 1. The van der Waals surface area contributed by atoms with E-state index in [9.17, 15) is 22.4 Å². The van der Waals surface area contributed by atoms with Gasteiger partial charge in [0.1, 0.15) is 16.7 Å². The van der Waals surface area contributed by atoms with E-state index in [0.717, 1.165) is 22.1 Å². The Morgan fingerprint density at radius 1 is 1.46 bits per heavy atom. The summed E-state index contributed by atoms with van der Waals surface area (Å²) in [6, 6.07) is 5.14. The van der Waals surface area contributed by atoms with Crippen molar-refractivity contribution in [1.82, 2.24) is 10.2 Å². The van der Waals surface area contributed by atoms with Gasteiger partial charge in [-0.05, 0) is 29.8 Å². The van der Waals surface area contributed by atoms with E-state index < -0.39 is 33.5 Å². The molecule has 1 unspecified atom stereocenters. The summed E-state index contributed by atoms with van der Waals surface area (Å²) in [6.07, 6.45) is 2.90. The normalized spacial score (nSPS) is 23.0. The first-order valence-corrected chi connectivity index (χ1v) is 10.4. The van der Waals surface area contributed by atoms with Crippen LogP contribution in [0.1, 0.15) is 5.56 Å². The molecule has 0 aromatic heterocycles. The SMILES string of the molecule is O=C(CN1C(=O)C(=Cc2cccc(F)c2)SC1=S)NC1C=CS(=O)(=O)C1. The van der Waals surface area contributed by atoms with Gasteiger partial charge in [0.15, 0.2) is 9.84 Å². The minimum Gasteiger partial charge on any atom is -0.347 e. The summed E-state index contributed by atoms with van der Waals surface area (Å²) in [7, 11) is -3.28. The van der Waals surface area contributed by atoms with Crippen LogP contribution >= 0.6 is 24.0 Å². The van der Waals surface area contributed by atoms with Crippen molar-refractivity contribution >= 4 is 56.0 Å². The van der Waals surface area contributed by atoms with Crippen LogP contribution in [0.4, 0.5) is 4.39 Å². The van der Waals surface area contributed by atoms with E-state index in [-0.39, 0.29) is 21.5 Å². The zero-order chi connectivity index (χ0) is 18.9. The lowest BCUT2D eigenvalue weighted by molar-refractivity contribution is -0.128. The van der Waals surface area contributed by atoms with Crippen molar-refractivity contribution in [2.45, 2.75) is 6.04 Å². The highest BCUT2D eigenvalue weighted by molar-refractivity contribution is 8.26. The second kappa shape index (κ2) is 7.29. The first-order chi connectivity index (χ1) is 12.2. The second-order valence-electron chi connectivity index (χ2n) is 5.65. The van der Waals surface area contributed by atoms with Gasteiger partial charge in [-0.25, -0.2) is 12.8 Å². The summed E-state index contributed by atoms with van der Waals surface area (Å²) in [5, 5.41) is 3.59. The Balaban J connectivity index is 1.66. The predicted octanol–water partition coefficient (Wildman–Crippen LogP) is 1.45. The zero-order valence-corrected chi connectivity index (χ0v) is 15.7. The number of carbonyl (C=O) groups is 2. The third-order valence-electron chi connectivity index (χ3n) is 3.60. The molecule has 1 aromatic carbocycles. The van der Waals surface area contributed by atoms with E-state index in [0.29, 0.717) is 5.56 Å². The largest absolute Gasteiger partial charge is 0.347 e. The average Bonchev–Trinajstić information content (AvgIpc) is 3.01. The number of thiocarbonyl (C=S) groups is 1. The van der Waals surface area contributed by atoms with Crippen LogP contribution in [0, 0.1) is 5.82 Å². The summed E-state index contributed by atoms with van der Waals surface area (Å²) in [6.45, 7) is -0.310. The number of thioether (sulfide) groups is 1. The Bertz CT molecular complexity index is 956. The molecule has 1 aromatic rings. The number of halogens is 1. The van der Waals surface area contributed by atoms with Crippen LogP contribution < -0.4 is 5.32 Å². The Hall–Kier alpha value is -2.04. The minimum atomic E-state index is -3.28. The first kappa shape index (κ1) is 18.7. The molecule has 6 nitrogen and oxygen atoms in total. The van der Waals surface area contributed by atoms with Crippen LogP contribution in [0.15, 0.2) is 40.7 Å². The third kappa shape index (κ3) is 4.37. The Morgan fingerprint density at radius 3 is 2.88 bits per heavy atom. The molecule has 2 heterocycles. The molecule has 136 valence electrons. The molecule has 0 aliphatic carbocycles. The first-order valence-electron chi connectivity index (χ1n) is 7.45. The molecule has 3 rings (SSSR count). The van der Waals surface area contributed by atoms with Crippen LogP contribution in [0.5, 0.6) is 0 Å². The van der Waals surface area contributed by atoms with Crippen molar-refractivity contribution in [1.29, 1.82) is 0 Å². The molecule has 2 aliphatic rings. The molecular formula is C16H13FN2O4S3. The molecule has 0 spiro atoms. The Morgan fingerprint density at radius 2 is 2.23 bits per heavy atom. The fraction of sp³-hybridized carbons (Fsp3) is 0.188. The van der Waals surface area contributed by atoms with Crippen molar-refractivity contribution in [3.63, 3.8) is 0 Å². The predicted molar refractivity (Wildman–Crippen MR) is 101 cm³/mol. The zero-order valence-electron chi connectivity index (χ0n) is 13.2. The molecular weight excluding hydrogens is 399 g/mol. The highest BCUT2D eigenvalue weighted by Crippen LogP contribution is 2.32. The number of sulfone groups is 1. The van der Waals surface area contributed by atoms with Crippen LogP contribution in [-0.4, -0.2) is 47.8 Å². The van der Waals surface area contributed by atoms with E-state index >= 15 is 0 Å². The van der Waals surface area contributed by atoms with Gasteiger partial charge in [0, 0.05) is 5.41 Å². The second-order valence-corrected chi connectivity index (χ2v) is 9.26. The topological polar surface area (TPSA) is 83.6 Å². The fourth-order valence-corrected chi connectivity index (χ4v) is 4.94. The monoisotopic (exact) mass is 412 g/mol. The molecule has 0 saturated carbocycles. The van der Waals surface area contributed by atoms with Crippen molar-refractivity contribution in [3.05, 3.63) is 52.0 Å². The summed E-state index contributed by atoms with van der Waals surface area (Å²) in [5.74, 6) is -1.58. The van der Waals surface area contributed by atoms with E-state index in [1.54, 1.807) is 6.07 Å². The van der Waals surface area contributed by atoms with Crippen LogP contribution in [0.3, 0.4) is 0 Å². The van der Waals surface area contributed by atoms with Crippen molar-refractivity contribution in [2.75, 3.05) is 12.3 Å². The molecule has 0 bridgehead atoms. The van der Waals surface area contributed by atoms with E-state index in [1.807, 2.05) is 0 Å². The van der Waals surface area contributed by atoms with Crippen LogP contribution in [0.2, 0.25) is 0 Å². The molecule has 1 atom stereocenters. The average molecular weight is 412 g/mol. The maximum atomic E-state index is 13.3. The van der Waals surface area contributed by atoms with Gasteiger partial charge in [-0.2, -0.15) is 0 Å². The van der Waals surface area contributed by atoms with Crippen molar-refractivity contribution in [3.8, 4) is 0 Å². The van der Waals surface area contributed by atoms with Crippen LogP contribution in [0.25, 0.3) is 6.08 Å².